The van der Waals surface area contributed by atoms with E-state index in [-0.39, 0.29) is 0 Å². The third-order valence-corrected chi connectivity index (χ3v) is 4.62. The number of nitrogens with one attached hydrogen (secondary N) is 2. The summed E-state index contributed by atoms with van der Waals surface area (Å²) >= 11 is 0. The average molecular weight is 367 g/mol. The number of hydrogen-bond acceptors (Lipinski definition) is 6. The number of furan rings is 1. The van der Waals surface area contributed by atoms with Gasteiger partial charge in [-0.1, -0.05) is 0 Å². The number of aromatic nitrogens is 3. The SMILES string of the molecule is CNc1ccc2nc(-c3cccnc3)nc(Nc3ccc4occc4c3)c2c1. The minimum Gasteiger partial charge on any atom is -0.464 e. The largest absolute Gasteiger partial charge is 0.464 e. The monoisotopic (exact) mass is 367 g/mol. The molecule has 0 atom stereocenters. The van der Waals surface area contributed by atoms with Gasteiger partial charge < -0.3 is 15.1 Å². The molecule has 0 unspecified atom stereocenters. The van der Waals surface area contributed by atoms with Crippen molar-refractivity contribution < 1.29 is 4.42 Å². The summed E-state index contributed by atoms with van der Waals surface area (Å²) < 4.78 is 5.43. The maximum Gasteiger partial charge on any atom is 0.163 e. The number of pyridine rings is 1. The van der Waals surface area contributed by atoms with Crippen LogP contribution in [-0.2, 0) is 0 Å². The Morgan fingerprint density at radius 2 is 1.86 bits per heavy atom. The summed E-state index contributed by atoms with van der Waals surface area (Å²) in [5.74, 6) is 1.37. The molecule has 2 aromatic carbocycles. The van der Waals surface area contributed by atoms with Crippen molar-refractivity contribution in [1.82, 2.24) is 15.0 Å². The smallest absolute Gasteiger partial charge is 0.163 e. The predicted molar refractivity (Wildman–Crippen MR) is 112 cm³/mol. The van der Waals surface area contributed by atoms with Crippen LogP contribution >= 0.6 is 0 Å². The van der Waals surface area contributed by atoms with Crippen molar-refractivity contribution >= 4 is 39.1 Å². The Labute approximate surface area is 161 Å². The Bertz CT molecular complexity index is 1280. The highest BCUT2D eigenvalue weighted by Crippen LogP contribution is 2.30. The van der Waals surface area contributed by atoms with E-state index in [4.69, 9.17) is 14.4 Å². The number of fused-ring (bicyclic) bond motifs is 2. The fourth-order valence-corrected chi connectivity index (χ4v) is 3.18. The number of anilines is 3. The van der Waals surface area contributed by atoms with Gasteiger partial charge in [0.05, 0.1) is 11.8 Å². The maximum atomic E-state index is 5.43. The average Bonchev–Trinajstić information content (AvgIpc) is 3.22. The van der Waals surface area contributed by atoms with E-state index in [1.807, 2.05) is 61.6 Å². The van der Waals surface area contributed by atoms with Gasteiger partial charge in [0.1, 0.15) is 11.4 Å². The Morgan fingerprint density at radius 1 is 0.929 bits per heavy atom. The van der Waals surface area contributed by atoms with Gasteiger partial charge >= 0.3 is 0 Å². The second-order valence-electron chi connectivity index (χ2n) is 6.42. The first kappa shape index (κ1) is 16.3. The van der Waals surface area contributed by atoms with E-state index in [1.54, 1.807) is 18.7 Å². The molecule has 2 N–H and O–H groups in total. The van der Waals surface area contributed by atoms with Crippen LogP contribution in [0.1, 0.15) is 0 Å². The molecule has 0 aliphatic heterocycles. The molecule has 3 heterocycles. The van der Waals surface area contributed by atoms with Crippen LogP contribution in [0, 0.1) is 0 Å². The zero-order chi connectivity index (χ0) is 18.9. The van der Waals surface area contributed by atoms with E-state index in [1.165, 1.54) is 0 Å². The summed E-state index contributed by atoms with van der Waals surface area (Å²) in [4.78, 5) is 13.7. The highest BCUT2D eigenvalue weighted by atomic mass is 16.3. The lowest BCUT2D eigenvalue weighted by atomic mass is 10.1. The molecule has 0 saturated carbocycles. The Balaban J connectivity index is 1.67. The highest BCUT2D eigenvalue weighted by Gasteiger charge is 2.11. The second kappa shape index (κ2) is 6.66. The fourth-order valence-electron chi connectivity index (χ4n) is 3.18. The van der Waals surface area contributed by atoms with Crippen LogP contribution in [-0.4, -0.2) is 22.0 Å². The van der Waals surface area contributed by atoms with E-state index < -0.39 is 0 Å². The Morgan fingerprint density at radius 3 is 2.71 bits per heavy atom. The minimum absolute atomic E-state index is 0.629. The lowest BCUT2D eigenvalue weighted by Crippen LogP contribution is -2.00. The van der Waals surface area contributed by atoms with E-state index in [0.717, 1.165) is 44.6 Å². The van der Waals surface area contributed by atoms with E-state index >= 15 is 0 Å². The number of hydrogen-bond donors (Lipinski definition) is 2. The van der Waals surface area contributed by atoms with Gasteiger partial charge in [-0.2, -0.15) is 0 Å². The first-order valence-electron chi connectivity index (χ1n) is 8.94. The molecule has 136 valence electrons. The molecule has 3 aromatic heterocycles. The van der Waals surface area contributed by atoms with Crippen molar-refractivity contribution in [2.24, 2.45) is 0 Å². The Kier molecular flexibility index (Phi) is 3.87. The zero-order valence-electron chi connectivity index (χ0n) is 15.2. The first-order valence-corrected chi connectivity index (χ1v) is 8.94. The lowest BCUT2D eigenvalue weighted by molar-refractivity contribution is 0.616. The summed E-state index contributed by atoms with van der Waals surface area (Å²) in [5.41, 5.74) is 4.52. The van der Waals surface area contributed by atoms with Crippen LogP contribution < -0.4 is 10.6 Å². The summed E-state index contributed by atoms with van der Waals surface area (Å²) in [6.07, 6.45) is 5.20. The standard InChI is InChI=1S/C22H17N5O/c1-23-16-4-6-19-18(12-16)22(27-21(26-19)15-3-2-9-24-13-15)25-17-5-7-20-14(11-17)8-10-28-20/h2-13,23H,1H3,(H,25,26,27). The van der Waals surface area contributed by atoms with E-state index in [9.17, 15) is 0 Å². The molecule has 6 heteroatoms. The topological polar surface area (TPSA) is 75.9 Å². The molecule has 0 fully saturated rings. The highest BCUT2D eigenvalue weighted by molar-refractivity contribution is 5.95. The zero-order valence-corrected chi connectivity index (χ0v) is 15.2. The van der Waals surface area contributed by atoms with Crippen LogP contribution in [0.2, 0.25) is 0 Å². The molecule has 0 bridgehead atoms. The molecule has 0 aliphatic rings. The van der Waals surface area contributed by atoms with Crippen LogP contribution in [0.15, 0.2) is 77.7 Å². The molecular formula is C22H17N5O. The molecule has 0 aliphatic carbocycles. The van der Waals surface area contributed by atoms with Gasteiger partial charge in [-0.05, 0) is 54.6 Å². The molecule has 0 amide bonds. The van der Waals surface area contributed by atoms with Gasteiger partial charge in [-0.3, -0.25) is 4.98 Å². The number of nitrogens with zero attached hydrogens (tertiary/aromatic N) is 3. The molecule has 0 radical (unpaired) electrons. The fraction of sp³-hybridized carbons (Fsp3) is 0.0455. The number of benzene rings is 2. The molecular weight excluding hydrogens is 350 g/mol. The first-order chi connectivity index (χ1) is 13.8. The summed E-state index contributed by atoms with van der Waals surface area (Å²) in [6.45, 7) is 0. The quantitative estimate of drug-likeness (QED) is 0.453. The van der Waals surface area contributed by atoms with Crippen molar-refractivity contribution in [3.8, 4) is 11.4 Å². The minimum atomic E-state index is 0.629. The third kappa shape index (κ3) is 2.91. The van der Waals surface area contributed by atoms with Crippen LogP contribution in [0.25, 0.3) is 33.3 Å². The van der Waals surface area contributed by atoms with Crippen LogP contribution in [0.3, 0.4) is 0 Å². The van der Waals surface area contributed by atoms with Gasteiger partial charge in [-0.25, -0.2) is 9.97 Å². The van der Waals surface area contributed by atoms with Crippen molar-refractivity contribution in [2.75, 3.05) is 17.7 Å². The predicted octanol–water partition coefficient (Wildman–Crippen LogP) is 5.22. The van der Waals surface area contributed by atoms with Crippen molar-refractivity contribution in [3.05, 3.63) is 73.3 Å². The molecule has 5 aromatic rings. The summed E-state index contributed by atoms with van der Waals surface area (Å²) in [6, 6.07) is 17.8. The van der Waals surface area contributed by atoms with Crippen LogP contribution in [0.5, 0.6) is 0 Å². The van der Waals surface area contributed by atoms with E-state index in [0.29, 0.717) is 5.82 Å². The van der Waals surface area contributed by atoms with Gasteiger partial charge in [0, 0.05) is 47.2 Å². The van der Waals surface area contributed by atoms with E-state index in [2.05, 4.69) is 15.6 Å². The third-order valence-electron chi connectivity index (χ3n) is 4.62. The summed E-state index contributed by atoms with van der Waals surface area (Å²) in [5, 5.41) is 8.59. The van der Waals surface area contributed by atoms with Crippen molar-refractivity contribution in [1.29, 1.82) is 0 Å². The molecule has 0 saturated heterocycles. The van der Waals surface area contributed by atoms with Gasteiger partial charge in [0.2, 0.25) is 0 Å². The van der Waals surface area contributed by atoms with Gasteiger partial charge in [0.15, 0.2) is 5.82 Å². The molecule has 5 rings (SSSR count). The lowest BCUT2D eigenvalue weighted by Gasteiger charge is -2.12. The maximum absolute atomic E-state index is 5.43. The number of rotatable bonds is 4. The van der Waals surface area contributed by atoms with Crippen molar-refractivity contribution in [3.63, 3.8) is 0 Å². The van der Waals surface area contributed by atoms with Gasteiger partial charge in [-0.15, -0.1) is 0 Å². The summed E-state index contributed by atoms with van der Waals surface area (Å²) in [7, 11) is 1.89. The normalized spacial score (nSPS) is 11.0. The van der Waals surface area contributed by atoms with Crippen molar-refractivity contribution in [2.45, 2.75) is 0 Å². The molecule has 0 spiro atoms. The second-order valence-corrected chi connectivity index (χ2v) is 6.42. The van der Waals surface area contributed by atoms with Gasteiger partial charge in [0.25, 0.3) is 0 Å². The molecule has 28 heavy (non-hydrogen) atoms. The molecule has 6 nitrogen and oxygen atoms in total. The Hall–Kier alpha value is -3.93. The van der Waals surface area contributed by atoms with Crippen LogP contribution in [0.4, 0.5) is 17.2 Å².